The summed E-state index contributed by atoms with van der Waals surface area (Å²) in [5.74, 6) is -8.51. The normalized spacial score (nSPS) is 9.53. The molecule has 0 saturated carbocycles. The molecule has 0 fully saturated rings. The Morgan fingerprint density at radius 1 is 1.05 bits per heavy atom. The van der Waals surface area contributed by atoms with E-state index in [0.717, 1.165) is 7.11 Å². The fraction of sp³-hybridized carbons (Fsp3) is 0.0909. The van der Waals surface area contributed by atoms with Gasteiger partial charge in [0.25, 0.3) is 0 Å². The van der Waals surface area contributed by atoms with Crippen LogP contribution in [-0.2, 0) is 9.53 Å². The Hall–Kier alpha value is -2.56. The van der Waals surface area contributed by atoms with Crippen LogP contribution in [0.5, 0.6) is 0 Å². The molecule has 1 aromatic carbocycles. The highest BCUT2D eigenvalue weighted by Crippen LogP contribution is 2.23. The number of carbonyl (C=O) groups excluding carboxylic acids is 1. The largest absolute Gasteiger partial charge is 0.477 e. The van der Waals surface area contributed by atoms with Gasteiger partial charge in [0.15, 0.2) is 23.3 Å². The van der Waals surface area contributed by atoms with E-state index in [2.05, 4.69) is 4.74 Å². The highest BCUT2D eigenvalue weighted by Gasteiger charge is 2.28. The van der Waals surface area contributed by atoms with Crippen molar-refractivity contribution in [1.82, 2.24) is 0 Å². The maximum absolute atomic E-state index is 13.3. The molecule has 0 aliphatic rings. The van der Waals surface area contributed by atoms with Crippen molar-refractivity contribution in [3.8, 4) is 11.8 Å². The summed E-state index contributed by atoms with van der Waals surface area (Å²) in [4.78, 5) is 21.1. The van der Waals surface area contributed by atoms with Gasteiger partial charge < -0.3 is 9.84 Å². The summed E-state index contributed by atoms with van der Waals surface area (Å²) in [7, 11) is 0.929. The third-order valence-corrected chi connectivity index (χ3v) is 1.95. The van der Waals surface area contributed by atoms with Crippen LogP contribution in [0.2, 0.25) is 0 Å². The Morgan fingerprint density at radius 3 is 1.89 bits per heavy atom. The average molecular weight is 276 g/mol. The quantitative estimate of drug-likeness (QED) is 0.365. The number of carboxylic acids is 1. The van der Waals surface area contributed by atoms with E-state index < -0.39 is 46.3 Å². The molecule has 0 unspecified atom stereocenters. The number of methoxy groups -OCH3 is 1. The van der Waals surface area contributed by atoms with Crippen molar-refractivity contribution in [2.75, 3.05) is 7.11 Å². The molecule has 0 aromatic heterocycles. The Labute approximate surface area is 103 Å². The zero-order valence-corrected chi connectivity index (χ0v) is 9.18. The lowest BCUT2D eigenvalue weighted by molar-refractivity contribution is -0.133. The summed E-state index contributed by atoms with van der Waals surface area (Å²) in [6.45, 7) is 0. The lowest BCUT2D eigenvalue weighted by atomic mass is 10.1. The third kappa shape index (κ3) is 2.65. The molecule has 4 nitrogen and oxygen atoms in total. The van der Waals surface area contributed by atoms with Gasteiger partial charge in [0.1, 0.15) is 11.1 Å². The zero-order chi connectivity index (χ0) is 14.7. The van der Waals surface area contributed by atoms with Gasteiger partial charge in [-0.1, -0.05) is 0 Å². The lowest BCUT2D eigenvalue weighted by Crippen LogP contribution is -2.12. The van der Waals surface area contributed by atoms with Crippen molar-refractivity contribution in [2.45, 2.75) is 0 Å². The first-order valence-corrected chi connectivity index (χ1v) is 4.50. The summed E-state index contributed by atoms with van der Waals surface area (Å²) in [5, 5.41) is 8.42. The molecule has 1 N–H and O–H groups in total. The first kappa shape index (κ1) is 14.5. The maximum Gasteiger partial charge on any atom is 0.384 e. The maximum atomic E-state index is 13.3. The molecule has 0 radical (unpaired) electrons. The number of hydrogen-bond donors (Lipinski definition) is 1. The lowest BCUT2D eigenvalue weighted by Gasteiger charge is -2.05. The Morgan fingerprint density at radius 2 is 1.53 bits per heavy atom. The summed E-state index contributed by atoms with van der Waals surface area (Å²) >= 11 is 0. The molecule has 0 spiro atoms. The van der Waals surface area contributed by atoms with Gasteiger partial charge in [-0.15, -0.1) is 0 Å². The standard InChI is InChI=1S/C11H4F4O4/c1-19-5(16)3-2-4-7(12)9(14)6(11(17)18)10(15)8(4)13/h1H3,(H,17,18). The van der Waals surface area contributed by atoms with E-state index in [4.69, 9.17) is 5.11 Å². The van der Waals surface area contributed by atoms with Crippen LogP contribution >= 0.6 is 0 Å². The molecule has 0 aliphatic heterocycles. The van der Waals surface area contributed by atoms with E-state index in [9.17, 15) is 27.2 Å². The van der Waals surface area contributed by atoms with E-state index in [-0.39, 0.29) is 0 Å². The number of ether oxygens (including phenoxy) is 1. The third-order valence-electron chi connectivity index (χ3n) is 1.95. The minimum atomic E-state index is -2.18. The predicted octanol–water partition coefficient (Wildman–Crippen LogP) is 1.47. The number of halogens is 4. The van der Waals surface area contributed by atoms with Crippen molar-refractivity contribution >= 4 is 11.9 Å². The van der Waals surface area contributed by atoms with Gasteiger partial charge in [-0.05, 0) is 5.92 Å². The van der Waals surface area contributed by atoms with Crippen molar-refractivity contribution in [1.29, 1.82) is 0 Å². The molecule has 0 heterocycles. The molecule has 8 heteroatoms. The number of benzene rings is 1. The SMILES string of the molecule is COC(=O)C#Cc1c(F)c(F)c(C(=O)O)c(F)c1F. The topological polar surface area (TPSA) is 63.6 Å². The van der Waals surface area contributed by atoms with Crippen LogP contribution in [0.25, 0.3) is 0 Å². The molecular formula is C11H4F4O4. The van der Waals surface area contributed by atoms with E-state index in [1.54, 1.807) is 5.92 Å². The monoisotopic (exact) mass is 276 g/mol. The average Bonchev–Trinajstić information content (AvgIpc) is 2.35. The van der Waals surface area contributed by atoms with Gasteiger partial charge >= 0.3 is 11.9 Å². The number of esters is 1. The smallest absolute Gasteiger partial charge is 0.384 e. The van der Waals surface area contributed by atoms with E-state index in [1.807, 2.05) is 0 Å². The summed E-state index contributed by atoms with van der Waals surface area (Å²) in [6.07, 6.45) is 0. The molecule has 100 valence electrons. The Balaban J connectivity index is 3.56. The molecule has 0 aliphatic carbocycles. The molecule has 0 saturated heterocycles. The van der Waals surface area contributed by atoms with E-state index in [0.29, 0.717) is 0 Å². The molecular weight excluding hydrogens is 272 g/mol. The van der Waals surface area contributed by atoms with Crippen LogP contribution < -0.4 is 0 Å². The van der Waals surface area contributed by atoms with Gasteiger partial charge in [0.2, 0.25) is 0 Å². The van der Waals surface area contributed by atoms with Crippen molar-refractivity contribution < 1.29 is 37.0 Å². The van der Waals surface area contributed by atoms with E-state index in [1.165, 1.54) is 5.92 Å². The first-order valence-electron chi connectivity index (χ1n) is 4.50. The molecule has 0 bridgehead atoms. The van der Waals surface area contributed by atoms with Crippen LogP contribution in [0, 0.1) is 35.1 Å². The molecule has 1 aromatic rings. The van der Waals surface area contributed by atoms with Crippen molar-refractivity contribution in [3.63, 3.8) is 0 Å². The second-order valence-electron chi connectivity index (χ2n) is 3.05. The molecule has 0 atom stereocenters. The highest BCUT2D eigenvalue weighted by atomic mass is 19.2. The number of rotatable bonds is 1. The van der Waals surface area contributed by atoms with Crippen molar-refractivity contribution in [2.24, 2.45) is 0 Å². The first-order chi connectivity index (χ1) is 8.81. The van der Waals surface area contributed by atoms with E-state index >= 15 is 0 Å². The molecule has 0 amide bonds. The Kier molecular flexibility index (Phi) is 4.11. The fourth-order valence-electron chi connectivity index (χ4n) is 1.09. The van der Waals surface area contributed by atoms with Crippen molar-refractivity contribution in [3.05, 3.63) is 34.4 Å². The molecule has 1 rings (SSSR count). The summed E-state index contributed by atoms with van der Waals surface area (Å²) in [5.41, 5.74) is -3.18. The summed E-state index contributed by atoms with van der Waals surface area (Å²) in [6, 6.07) is 0. The molecule has 19 heavy (non-hydrogen) atoms. The highest BCUT2D eigenvalue weighted by molar-refractivity contribution is 5.90. The minimum Gasteiger partial charge on any atom is -0.477 e. The fourth-order valence-corrected chi connectivity index (χ4v) is 1.09. The van der Waals surface area contributed by atoms with Crippen LogP contribution in [0.4, 0.5) is 17.6 Å². The predicted molar refractivity (Wildman–Crippen MR) is 52.1 cm³/mol. The van der Waals surface area contributed by atoms with Gasteiger partial charge in [0, 0.05) is 5.92 Å². The number of carboxylic acid groups (broad SMARTS) is 1. The number of carbonyl (C=O) groups is 2. The van der Waals surface area contributed by atoms with Crippen LogP contribution in [0.1, 0.15) is 15.9 Å². The van der Waals surface area contributed by atoms with Crippen LogP contribution in [0.15, 0.2) is 0 Å². The van der Waals surface area contributed by atoms with Crippen LogP contribution in [0.3, 0.4) is 0 Å². The van der Waals surface area contributed by atoms with Gasteiger partial charge in [-0.25, -0.2) is 27.2 Å². The number of hydrogen-bond acceptors (Lipinski definition) is 3. The van der Waals surface area contributed by atoms with Gasteiger partial charge in [0.05, 0.1) is 7.11 Å². The van der Waals surface area contributed by atoms with Crippen LogP contribution in [-0.4, -0.2) is 24.2 Å². The zero-order valence-electron chi connectivity index (χ0n) is 9.18. The van der Waals surface area contributed by atoms with Gasteiger partial charge in [-0.3, -0.25) is 0 Å². The number of aromatic carboxylic acids is 1. The second-order valence-corrected chi connectivity index (χ2v) is 3.05. The summed E-state index contributed by atoms with van der Waals surface area (Å²) < 4.78 is 57.1. The minimum absolute atomic E-state index is 0.929. The Bertz CT molecular complexity index is 599. The van der Waals surface area contributed by atoms with Gasteiger partial charge in [-0.2, -0.15) is 0 Å². The second kappa shape index (κ2) is 5.39.